The zero-order valence-corrected chi connectivity index (χ0v) is 32.9. The highest BCUT2D eigenvalue weighted by Gasteiger charge is 2.61. The van der Waals surface area contributed by atoms with Crippen LogP contribution in [0.15, 0.2) is 237 Å². The molecule has 1 aliphatic rings. The van der Waals surface area contributed by atoms with Gasteiger partial charge in [0.15, 0.2) is 17.5 Å². The van der Waals surface area contributed by atoms with Crippen molar-refractivity contribution in [1.29, 1.82) is 0 Å². The molecule has 1 heterocycles. The van der Waals surface area contributed by atoms with Crippen LogP contribution in [0.2, 0.25) is 0 Å². The van der Waals surface area contributed by atoms with Crippen molar-refractivity contribution in [3.05, 3.63) is 270 Å². The van der Waals surface area contributed by atoms with E-state index in [0.717, 1.165) is 27.6 Å². The minimum atomic E-state index is -0.731. The van der Waals surface area contributed by atoms with Crippen LogP contribution in [0.1, 0.15) is 33.4 Å². The van der Waals surface area contributed by atoms with Crippen LogP contribution in [0.4, 0.5) is 0 Å². The molecular weight excluding hydrogens is 727 g/mol. The maximum Gasteiger partial charge on any atom is 0.164 e. The predicted molar refractivity (Wildman–Crippen MR) is 245 cm³/mol. The van der Waals surface area contributed by atoms with Gasteiger partial charge in [0.25, 0.3) is 0 Å². The van der Waals surface area contributed by atoms with E-state index in [-0.39, 0.29) is 0 Å². The highest BCUT2D eigenvalue weighted by atomic mass is 15.0. The maximum absolute atomic E-state index is 5.27. The zero-order chi connectivity index (χ0) is 39.9. The normalized spacial score (nSPS) is 13.6. The molecule has 0 atom stereocenters. The van der Waals surface area contributed by atoms with Crippen molar-refractivity contribution in [3.8, 4) is 45.3 Å². The van der Waals surface area contributed by atoms with Crippen LogP contribution in [-0.2, 0) is 10.8 Å². The number of fused-ring (bicyclic) bond motifs is 4. The monoisotopic (exact) mass is 765 g/mol. The van der Waals surface area contributed by atoms with Gasteiger partial charge < -0.3 is 0 Å². The van der Waals surface area contributed by atoms with E-state index < -0.39 is 10.8 Å². The second kappa shape index (κ2) is 14.6. The van der Waals surface area contributed by atoms with Crippen molar-refractivity contribution in [3.63, 3.8) is 0 Å². The van der Waals surface area contributed by atoms with E-state index in [4.69, 9.17) is 15.0 Å². The molecule has 282 valence electrons. The summed E-state index contributed by atoms with van der Waals surface area (Å²) in [6, 6.07) is 85.4. The molecular formula is C57H39N3. The Kier molecular flexibility index (Phi) is 8.60. The molecule has 1 aromatic heterocycles. The van der Waals surface area contributed by atoms with Gasteiger partial charge in [0, 0.05) is 16.7 Å². The van der Waals surface area contributed by atoms with Crippen LogP contribution < -0.4 is 0 Å². The first-order valence-corrected chi connectivity index (χ1v) is 20.5. The molecule has 3 heteroatoms. The van der Waals surface area contributed by atoms with Gasteiger partial charge in [0.2, 0.25) is 0 Å². The molecule has 9 aromatic carbocycles. The number of aromatic nitrogens is 3. The quantitative estimate of drug-likeness (QED) is 0.162. The molecule has 0 radical (unpaired) electrons. The highest BCUT2D eigenvalue weighted by Crippen LogP contribution is 2.65. The van der Waals surface area contributed by atoms with Gasteiger partial charge in [-0.2, -0.15) is 0 Å². The number of hydrogen-bond acceptors (Lipinski definition) is 3. The van der Waals surface area contributed by atoms with Crippen molar-refractivity contribution in [1.82, 2.24) is 15.0 Å². The first-order chi connectivity index (χ1) is 29.7. The fourth-order valence-corrected chi connectivity index (χ4v) is 9.94. The Balaban J connectivity index is 1.24. The Morgan fingerprint density at radius 2 is 0.633 bits per heavy atom. The van der Waals surface area contributed by atoms with Gasteiger partial charge in [-0.1, -0.05) is 224 Å². The minimum Gasteiger partial charge on any atom is -0.208 e. The lowest BCUT2D eigenvalue weighted by atomic mass is 9.43. The van der Waals surface area contributed by atoms with E-state index >= 15 is 0 Å². The average molecular weight is 766 g/mol. The number of nitrogens with zero attached hydrogens (tertiary/aromatic N) is 3. The van der Waals surface area contributed by atoms with E-state index in [2.05, 4.69) is 218 Å². The van der Waals surface area contributed by atoms with Gasteiger partial charge in [-0.25, -0.2) is 15.0 Å². The van der Waals surface area contributed by atoms with Crippen LogP contribution in [0.3, 0.4) is 0 Å². The summed E-state index contributed by atoms with van der Waals surface area (Å²) in [5, 5.41) is 2.32. The summed E-state index contributed by atoms with van der Waals surface area (Å²) in [6.45, 7) is 0. The molecule has 0 unspecified atom stereocenters. The molecule has 11 rings (SSSR count). The molecule has 0 saturated heterocycles. The van der Waals surface area contributed by atoms with Crippen molar-refractivity contribution in [2.24, 2.45) is 0 Å². The fourth-order valence-electron chi connectivity index (χ4n) is 9.94. The molecule has 1 aliphatic carbocycles. The largest absolute Gasteiger partial charge is 0.208 e. The van der Waals surface area contributed by atoms with E-state index in [1.165, 1.54) is 44.3 Å². The lowest BCUT2D eigenvalue weighted by Gasteiger charge is -2.57. The Bertz CT molecular complexity index is 3050. The second-order valence-electron chi connectivity index (χ2n) is 15.5. The summed E-state index contributed by atoms with van der Waals surface area (Å²) < 4.78 is 0. The van der Waals surface area contributed by atoms with E-state index in [1.807, 2.05) is 18.2 Å². The Hall–Kier alpha value is -7.75. The van der Waals surface area contributed by atoms with Gasteiger partial charge >= 0.3 is 0 Å². The highest BCUT2D eigenvalue weighted by molar-refractivity contribution is 5.89. The summed E-state index contributed by atoms with van der Waals surface area (Å²) >= 11 is 0. The van der Waals surface area contributed by atoms with Gasteiger partial charge in [-0.3, -0.25) is 0 Å². The molecule has 0 N–H and O–H groups in total. The lowest BCUT2D eigenvalue weighted by molar-refractivity contribution is 0.415. The van der Waals surface area contributed by atoms with Crippen LogP contribution >= 0.6 is 0 Å². The number of rotatable bonds is 7. The smallest absolute Gasteiger partial charge is 0.164 e. The van der Waals surface area contributed by atoms with Crippen LogP contribution in [0.25, 0.3) is 56.1 Å². The third kappa shape index (κ3) is 5.47. The van der Waals surface area contributed by atoms with Gasteiger partial charge in [-0.05, 0) is 67.4 Å². The first kappa shape index (κ1) is 35.4. The molecule has 0 bridgehead atoms. The zero-order valence-electron chi connectivity index (χ0n) is 32.9. The predicted octanol–water partition coefficient (Wildman–Crippen LogP) is 13.4. The third-order valence-electron chi connectivity index (χ3n) is 12.4. The van der Waals surface area contributed by atoms with Gasteiger partial charge in [-0.15, -0.1) is 0 Å². The third-order valence-corrected chi connectivity index (χ3v) is 12.4. The summed E-state index contributed by atoms with van der Waals surface area (Å²) in [4.78, 5) is 15.6. The fraction of sp³-hybridized carbons (Fsp3) is 0.0351. The van der Waals surface area contributed by atoms with E-state index in [1.54, 1.807) is 0 Å². The molecule has 0 amide bonds. The maximum atomic E-state index is 5.27. The van der Waals surface area contributed by atoms with Gasteiger partial charge in [0.05, 0.1) is 10.8 Å². The SMILES string of the molecule is c1ccc(-c2nc(-c3ccc4c(c3)-c3ccccc3C(c3ccccc3)(c3ccccc3)C4(c3ccccc3)c3ccccc3)nc(-c3ccc4ccccc4c3)n2)cc1. The molecule has 0 spiro atoms. The van der Waals surface area contributed by atoms with Crippen LogP contribution in [-0.4, -0.2) is 15.0 Å². The molecule has 10 aromatic rings. The number of hydrogen-bond donors (Lipinski definition) is 0. The molecule has 3 nitrogen and oxygen atoms in total. The Labute approximate surface area is 350 Å². The van der Waals surface area contributed by atoms with Gasteiger partial charge in [0.1, 0.15) is 0 Å². The summed E-state index contributed by atoms with van der Waals surface area (Å²) in [7, 11) is 0. The topological polar surface area (TPSA) is 38.7 Å². The molecule has 0 fully saturated rings. The van der Waals surface area contributed by atoms with Crippen molar-refractivity contribution < 1.29 is 0 Å². The number of benzene rings is 9. The molecule has 0 aliphatic heterocycles. The van der Waals surface area contributed by atoms with E-state index in [9.17, 15) is 0 Å². The van der Waals surface area contributed by atoms with E-state index in [0.29, 0.717) is 17.5 Å². The Morgan fingerprint density at radius 1 is 0.250 bits per heavy atom. The van der Waals surface area contributed by atoms with Crippen molar-refractivity contribution in [2.75, 3.05) is 0 Å². The summed E-state index contributed by atoms with van der Waals surface area (Å²) in [6.07, 6.45) is 0. The summed E-state index contributed by atoms with van der Waals surface area (Å²) in [5.41, 5.74) is 11.0. The molecule has 0 saturated carbocycles. The minimum absolute atomic E-state index is 0.625. The van der Waals surface area contributed by atoms with Crippen molar-refractivity contribution in [2.45, 2.75) is 10.8 Å². The van der Waals surface area contributed by atoms with Crippen LogP contribution in [0.5, 0.6) is 0 Å². The second-order valence-corrected chi connectivity index (χ2v) is 15.5. The first-order valence-electron chi connectivity index (χ1n) is 20.5. The van der Waals surface area contributed by atoms with Crippen molar-refractivity contribution >= 4 is 10.8 Å². The lowest BCUT2D eigenvalue weighted by Crippen LogP contribution is -2.54. The Morgan fingerprint density at radius 3 is 1.17 bits per heavy atom. The molecule has 60 heavy (non-hydrogen) atoms. The summed E-state index contributed by atoms with van der Waals surface area (Å²) in [5.74, 6) is 1.90. The standard InChI is InChI=1S/C57H39N3/c1-6-21-41(22-7-1)53-58-54(43-35-34-40-20-16-17-23-42(40)38-43)60-55(59-53)44-36-37-52-50(39-44)49-32-18-19-33-51(49)56(45-24-8-2-9-25-45,46-26-10-3-11-27-46)57(52,47-28-12-4-13-29-47)48-30-14-5-15-31-48/h1-39H. The average Bonchev–Trinajstić information content (AvgIpc) is 3.34. The van der Waals surface area contributed by atoms with Crippen LogP contribution in [0, 0.1) is 0 Å².